The molecule has 0 amide bonds. The second-order valence-electron chi connectivity index (χ2n) is 7.17. The third kappa shape index (κ3) is 4.53. The molecule has 1 aliphatic rings. The molecule has 1 aromatic carbocycles. The van der Waals surface area contributed by atoms with Gasteiger partial charge in [0.25, 0.3) is 0 Å². The molecule has 0 aliphatic carbocycles. The van der Waals surface area contributed by atoms with Crippen molar-refractivity contribution in [3.8, 4) is 17.6 Å². The lowest BCUT2D eigenvalue weighted by atomic mass is 10.0. The largest absolute Gasteiger partial charge is 0.497 e. The van der Waals surface area contributed by atoms with Gasteiger partial charge >= 0.3 is 0 Å². The van der Waals surface area contributed by atoms with Crippen LogP contribution in [0.4, 0.5) is 11.5 Å². The van der Waals surface area contributed by atoms with Crippen LogP contribution in [-0.2, 0) is 12.8 Å². The third-order valence-electron chi connectivity index (χ3n) is 5.38. The SMILES string of the molecule is CCc1nnc(N2CCCC(Nc3cc(OC)cc(OC)c3)C2)c(C#N)c1CC. The Bertz CT molecular complexity index is 871. The molecule has 7 nitrogen and oxygen atoms in total. The number of aromatic nitrogens is 2. The Hall–Kier alpha value is -3.01. The van der Waals surface area contributed by atoms with Crippen molar-refractivity contribution >= 4 is 11.5 Å². The molecule has 0 bridgehead atoms. The zero-order chi connectivity index (χ0) is 20.8. The average molecular weight is 396 g/mol. The van der Waals surface area contributed by atoms with Gasteiger partial charge in [-0.15, -0.1) is 5.10 Å². The predicted octanol–water partition coefficient (Wildman–Crippen LogP) is 3.57. The van der Waals surface area contributed by atoms with E-state index in [2.05, 4.69) is 33.4 Å². The van der Waals surface area contributed by atoms with Gasteiger partial charge in [-0.1, -0.05) is 13.8 Å². The molecule has 1 saturated heterocycles. The summed E-state index contributed by atoms with van der Waals surface area (Å²) in [6, 6.07) is 8.40. The molecule has 1 atom stereocenters. The molecule has 1 aromatic heterocycles. The van der Waals surface area contributed by atoms with Crippen LogP contribution >= 0.6 is 0 Å². The number of methoxy groups -OCH3 is 2. The molecule has 2 aromatic rings. The molecule has 0 spiro atoms. The Balaban J connectivity index is 1.82. The van der Waals surface area contributed by atoms with Crippen LogP contribution in [0.15, 0.2) is 18.2 Å². The minimum Gasteiger partial charge on any atom is -0.497 e. The smallest absolute Gasteiger partial charge is 0.169 e. The fourth-order valence-electron chi connectivity index (χ4n) is 3.91. The summed E-state index contributed by atoms with van der Waals surface area (Å²) in [6.45, 7) is 5.75. The quantitative estimate of drug-likeness (QED) is 0.767. The Labute approximate surface area is 172 Å². The third-order valence-corrected chi connectivity index (χ3v) is 5.38. The fraction of sp³-hybridized carbons (Fsp3) is 0.500. The summed E-state index contributed by atoms with van der Waals surface area (Å²) in [6.07, 6.45) is 3.63. The van der Waals surface area contributed by atoms with Crippen molar-refractivity contribution in [2.24, 2.45) is 0 Å². The van der Waals surface area contributed by atoms with Crippen LogP contribution in [0.3, 0.4) is 0 Å². The maximum Gasteiger partial charge on any atom is 0.169 e. The van der Waals surface area contributed by atoms with E-state index in [1.807, 2.05) is 25.1 Å². The summed E-state index contributed by atoms with van der Waals surface area (Å²) in [5, 5.41) is 22.2. The Kier molecular flexibility index (Phi) is 6.76. The van der Waals surface area contributed by atoms with E-state index in [9.17, 15) is 5.26 Å². The van der Waals surface area contributed by atoms with Crippen molar-refractivity contribution < 1.29 is 9.47 Å². The van der Waals surface area contributed by atoms with Crippen LogP contribution in [0.2, 0.25) is 0 Å². The lowest BCUT2D eigenvalue weighted by Gasteiger charge is -2.35. The number of nitriles is 1. The highest BCUT2D eigenvalue weighted by atomic mass is 16.5. The summed E-state index contributed by atoms with van der Waals surface area (Å²) in [5.41, 5.74) is 3.56. The number of nitrogens with zero attached hydrogens (tertiary/aromatic N) is 4. The second-order valence-corrected chi connectivity index (χ2v) is 7.17. The number of anilines is 2. The molecule has 1 fully saturated rings. The highest BCUT2D eigenvalue weighted by Crippen LogP contribution is 2.29. The Morgan fingerprint density at radius 2 is 1.86 bits per heavy atom. The van der Waals surface area contributed by atoms with Gasteiger partial charge < -0.3 is 19.7 Å². The highest BCUT2D eigenvalue weighted by Gasteiger charge is 2.25. The molecular weight excluding hydrogens is 366 g/mol. The maximum atomic E-state index is 9.81. The van der Waals surface area contributed by atoms with Crippen LogP contribution < -0.4 is 19.7 Å². The van der Waals surface area contributed by atoms with Crippen molar-refractivity contribution in [1.82, 2.24) is 10.2 Å². The van der Waals surface area contributed by atoms with E-state index in [-0.39, 0.29) is 6.04 Å². The van der Waals surface area contributed by atoms with E-state index in [4.69, 9.17) is 9.47 Å². The maximum absolute atomic E-state index is 9.81. The normalized spacial score (nSPS) is 16.2. The molecule has 0 saturated carbocycles. The zero-order valence-corrected chi connectivity index (χ0v) is 17.7. The van der Waals surface area contributed by atoms with Crippen molar-refractivity contribution in [3.63, 3.8) is 0 Å². The Morgan fingerprint density at radius 1 is 1.14 bits per heavy atom. The molecule has 1 N–H and O–H groups in total. The number of piperidine rings is 1. The van der Waals surface area contributed by atoms with Crippen LogP contribution in [0.25, 0.3) is 0 Å². The first-order valence-electron chi connectivity index (χ1n) is 10.2. The summed E-state index contributed by atoms with van der Waals surface area (Å²) in [5.74, 6) is 2.20. The molecule has 7 heteroatoms. The van der Waals surface area contributed by atoms with Crippen molar-refractivity contribution in [3.05, 3.63) is 35.0 Å². The monoisotopic (exact) mass is 395 g/mol. The van der Waals surface area contributed by atoms with Gasteiger partial charge in [0.05, 0.1) is 19.9 Å². The van der Waals surface area contributed by atoms with Gasteiger partial charge in [0.2, 0.25) is 0 Å². The standard InChI is InChI=1S/C22H29N5O2/c1-5-19-20(13-23)22(26-25-21(19)6-2)27-9-7-8-15(14-27)24-16-10-17(28-3)12-18(11-16)29-4/h10-12,15,24H,5-9,14H2,1-4H3. The molecule has 2 heterocycles. The number of rotatable bonds is 7. The van der Waals surface area contributed by atoms with Crippen LogP contribution in [0.5, 0.6) is 11.5 Å². The average Bonchev–Trinajstić information content (AvgIpc) is 2.77. The number of ether oxygens (including phenoxy) is 2. The van der Waals surface area contributed by atoms with E-state index in [0.29, 0.717) is 11.4 Å². The van der Waals surface area contributed by atoms with Crippen molar-refractivity contribution in [1.29, 1.82) is 5.26 Å². The summed E-state index contributed by atoms with van der Waals surface area (Å²) >= 11 is 0. The number of hydrogen-bond acceptors (Lipinski definition) is 7. The van der Waals surface area contributed by atoms with Gasteiger partial charge in [0, 0.05) is 43.0 Å². The van der Waals surface area contributed by atoms with Crippen LogP contribution in [0.1, 0.15) is 43.5 Å². The number of benzene rings is 1. The molecule has 29 heavy (non-hydrogen) atoms. The summed E-state index contributed by atoms with van der Waals surface area (Å²) in [7, 11) is 3.29. The molecule has 0 radical (unpaired) electrons. The number of aryl methyl sites for hydroxylation is 1. The van der Waals surface area contributed by atoms with E-state index >= 15 is 0 Å². The minimum atomic E-state index is 0.227. The minimum absolute atomic E-state index is 0.227. The topological polar surface area (TPSA) is 83.3 Å². The first kappa shape index (κ1) is 20.7. The zero-order valence-electron chi connectivity index (χ0n) is 17.7. The first-order chi connectivity index (χ1) is 14.1. The van der Waals surface area contributed by atoms with Crippen molar-refractivity contribution in [2.45, 2.75) is 45.6 Å². The lowest BCUT2D eigenvalue weighted by Crippen LogP contribution is -2.43. The van der Waals surface area contributed by atoms with Gasteiger partial charge in [0.1, 0.15) is 23.1 Å². The second kappa shape index (κ2) is 9.46. The van der Waals surface area contributed by atoms with E-state index in [0.717, 1.165) is 67.2 Å². The van der Waals surface area contributed by atoms with Gasteiger partial charge in [-0.2, -0.15) is 10.4 Å². The Morgan fingerprint density at radius 3 is 2.45 bits per heavy atom. The molecular formula is C22H29N5O2. The molecule has 1 aliphatic heterocycles. The first-order valence-corrected chi connectivity index (χ1v) is 10.2. The fourth-order valence-corrected chi connectivity index (χ4v) is 3.91. The molecule has 1 unspecified atom stereocenters. The summed E-state index contributed by atoms with van der Waals surface area (Å²) in [4.78, 5) is 2.18. The van der Waals surface area contributed by atoms with E-state index in [1.165, 1.54) is 0 Å². The van der Waals surface area contributed by atoms with E-state index < -0.39 is 0 Å². The molecule has 154 valence electrons. The van der Waals surface area contributed by atoms with Crippen LogP contribution in [-0.4, -0.2) is 43.5 Å². The van der Waals surface area contributed by atoms with E-state index in [1.54, 1.807) is 14.2 Å². The van der Waals surface area contributed by atoms with Crippen LogP contribution in [0, 0.1) is 11.3 Å². The van der Waals surface area contributed by atoms with Crippen molar-refractivity contribution in [2.75, 3.05) is 37.5 Å². The van der Waals surface area contributed by atoms with Gasteiger partial charge in [-0.3, -0.25) is 0 Å². The van der Waals surface area contributed by atoms with Gasteiger partial charge in [-0.25, -0.2) is 0 Å². The summed E-state index contributed by atoms with van der Waals surface area (Å²) < 4.78 is 10.7. The predicted molar refractivity (Wildman–Crippen MR) is 114 cm³/mol. The number of nitrogens with one attached hydrogen (secondary N) is 1. The molecule has 3 rings (SSSR count). The van der Waals surface area contributed by atoms with Gasteiger partial charge in [0.15, 0.2) is 5.82 Å². The van der Waals surface area contributed by atoms with Gasteiger partial charge in [-0.05, 0) is 31.2 Å². The number of hydrogen-bond donors (Lipinski definition) is 1. The highest BCUT2D eigenvalue weighted by molar-refractivity contribution is 5.59. The lowest BCUT2D eigenvalue weighted by molar-refractivity contribution is 0.394.